The standard InChI is InChI=1S/C30H38N6O4/c1-29(2,3)21-9-11-23(12-10-21)36(27(38)24-17-32-19-33-24)25(20-8-7-14-31-16-20)26(37)34-22-13-15-35(18-22)28(39)40-30(4,5)6/h7-12,14,16-17,19,22,25H,13,15,18H2,1-6H3,(H,32,33)(H,34,37)/t22-,25?/m0/s1. The average molecular weight is 547 g/mol. The molecule has 10 nitrogen and oxygen atoms in total. The SMILES string of the molecule is CC(C)(C)OC(=O)N1CC[C@H](NC(=O)C(c2cccnc2)N(C(=O)c2cnc[nH]2)c2ccc(C(C)(C)C)cc2)C1. The number of rotatable bonds is 6. The highest BCUT2D eigenvalue weighted by Crippen LogP contribution is 2.32. The number of nitrogens with one attached hydrogen (secondary N) is 2. The Kier molecular flexibility index (Phi) is 8.27. The molecule has 1 saturated heterocycles. The molecule has 2 atom stereocenters. The summed E-state index contributed by atoms with van der Waals surface area (Å²) in [6.45, 7) is 12.6. The number of nitrogens with zero attached hydrogens (tertiary/aromatic N) is 4. The number of amides is 3. The molecule has 3 amide bonds. The van der Waals surface area contributed by atoms with E-state index in [9.17, 15) is 14.4 Å². The number of anilines is 1. The second-order valence-electron chi connectivity index (χ2n) is 12.0. The van der Waals surface area contributed by atoms with Gasteiger partial charge in [0.1, 0.15) is 17.3 Å². The van der Waals surface area contributed by atoms with Crippen molar-refractivity contribution in [1.29, 1.82) is 0 Å². The fourth-order valence-electron chi connectivity index (χ4n) is 4.61. The van der Waals surface area contributed by atoms with Gasteiger partial charge in [-0.25, -0.2) is 9.78 Å². The van der Waals surface area contributed by atoms with Crippen LogP contribution in [0.5, 0.6) is 0 Å². The first kappa shape index (κ1) is 28.8. The van der Waals surface area contributed by atoms with Gasteiger partial charge in [0.05, 0.1) is 12.5 Å². The molecule has 0 spiro atoms. The summed E-state index contributed by atoms with van der Waals surface area (Å²) in [7, 11) is 0. The van der Waals surface area contributed by atoms with Crippen LogP contribution in [0.1, 0.15) is 75.6 Å². The summed E-state index contributed by atoms with van der Waals surface area (Å²) in [6.07, 6.45) is 6.22. The minimum absolute atomic E-state index is 0.0840. The van der Waals surface area contributed by atoms with Crippen LogP contribution in [0.3, 0.4) is 0 Å². The molecule has 2 aromatic heterocycles. The molecule has 1 aliphatic heterocycles. The molecule has 4 rings (SSSR count). The Balaban J connectivity index is 1.66. The van der Waals surface area contributed by atoms with Gasteiger partial charge in [0.2, 0.25) is 5.91 Å². The van der Waals surface area contributed by atoms with Crippen LogP contribution >= 0.6 is 0 Å². The predicted molar refractivity (Wildman–Crippen MR) is 152 cm³/mol. The lowest BCUT2D eigenvalue weighted by atomic mass is 9.87. The summed E-state index contributed by atoms with van der Waals surface area (Å²) in [5.41, 5.74) is 1.76. The highest BCUT2D eigenvalue weighted by molar-refractivity contribution is 6.09. The first-order valence-electron chi connectivity index (χ1n) is 13.4. The molecule has 2 N–H and O–H groups in total. The first-order chi connectivity index (χ1) is 18.8. The van der Waals surface area contributed by atoms with E-state index in [1.807, 2.05) is 45.0 Å². The number of hydrogen-bond acceptors (Lipinski definition) is 6. The van der Waals surface area contributed by atoms with Crippen molar-refractivity contribution in [3.63, 3.8) is 0 Å². The van der Waals surface area contributed by atoms with Crippen molar-refractivity contribution < 1.29 is 19.1 Å². The van der Waals surface area contributed by atoms with E-state index in [1.54, 1.807) is 29.4 Å². The number of H-pyrrole nitrogens is 1. The maximum atomic E-state index is 14.0. The molecule has 3 heterocycles. The second kappa shape index (κ2) is 11.5. The van der Waals surface area contributed by atoms with E-state index in [4.69, 9.17) is 4.74 Å². The number of carbonyl (C=O) groups is 3. The van der Waals surface area contributed by atoms with E-state index in [2.05, 4.69) is 41.0 Å². The van der Waals surface area contributed by atoms with E-state index in [0.717, 1.165) is 5.56 Å². The third kappa shape index (κ3) is 6.86. The van der Waals surface area contributed by atoms with Gasteiger partial charge in [-0.15, -0.1) is 0 Å². The first-order valence-corrected chi connectivity index (χ1v) is 13.4. The Bertz CT molecular complexity index is 1310. The Morgan fingerprint density at radius 3 is 2.35 bits per heavy atom. The molecule has 1 fully saturated rings. The quantitative estimate of drug-likeness (QED) is 0.466. The third-order valence-corrected chi connectivity index (χ3v) is 6.65. The van der Waals surface area contributed by atoms with Crippen molar-refractivity contribution in [3.8, 4) is 0 Å². The van der Waals surface area contributed by atoms with E-state index in [1.165, 1.54) is 17.4 Å². The molecule has 3 aromatic rings. The number of pyridine rings is 1. The lowest BCUT2D eigenvalue weighted by Crippen LogP contribution is -2.48. The molecule has 10 heteroatoms. The van der Waals surface area contributed by atoms with Crippen LogP contribution in [-0.2, 0) is 14.9 Å². The molecule has 1 aromatic carbocycles. The molecule has 40 heavy (non-hydrogen) atoms. The summed E-state index contributed by atoms with van der Waals surface area (Å²) in [5, 5.41) is 3.08. The molecular weight excluding hydrogens is 508 g/mol. The van der Waals surface area contributed by atoms with E-state index in [0.29, 0.717) is 30.8 Å². The molecule has 0 saturated carbocycles. The summed E-state index contributed by atoms with van der Waals surface area (Å²) >= 11 is 0. The van der Waals surface area contributed by atoms with Crippen molar-refractivity contribution in [3.05, 3.63) is 78.1 Å². The number of benzene rings is 1. The molecular formula is C30H38N6O4. The van der Waals surface area contributed by atoms with Gasteiger partial charge in [0.15, 0.2) is 0 Å². The van der Waals surface area contributed by atoms with Crippen LogP contribution in [0, 0.1) is 0 Å². The number of aromatic amines is 1. The minimum atomic E-state index is -1.03. The smallest absolute Gasteiger partial charge is 0.410 e. The molecule has 1 unspecified atom stereocenters. The van der Waals surface area contributed by atoms with Gasteiger partial charge in [-0.1, -0.05) is 39.0 Å². The average Bonchev–Trinajstić information content (AvgIpc) is 3.59. The van der Waals surface area contributed by atoms with E-state index >= 15 is 0 Å². The van der Waals surface area contributed by atoms with Crippen LogP contribution in [0.4, 0.5) is 10.5 Å². The van der Waals surface area contributed by atoms with Crippen LogP contribution in [0.15, 0.2) is 61.3 Å². The van der Waals surface area contributed by atoms with Crippen molar-refractivity contribution >= 4 is 23.6 Å². The molecule has 0 aliphatic carbocycles. The van der Waals surface area contributed by atoms with E-state index in [-0.39, 0.29) is 23.1 Å². The van der Waals surface area contributed by atoms with Gasteiger partial charge in [-0.2, -0.15) is 0 Å². The van der Waals surface area contributed by atoms with Gasteiger partial charge < -0.3 is 19.9 Å². The van der Waals surface area contributed by atoms with Crippen molar-refractivity contribution in [2.75, 3.05) is 18.0 Å². The number of ether oxygens (including phenoxy) is 1. The van der Waals surface area contributed by atoms with Gasteiger partial charge in [-0.3, -0.25) is 19.5 Å². The molecule has 0 bridgehead atoms. The zero-order chi connectivity index (χ0) is 29.1. The maximum Gasteiger partial charge on any atom is 0.410 e. The fourth-order valence-corrected chi connectivity index (χ4v) is 4.61. The lowest BCUT2D eigenvalue weighted by Gasteiger charge is -2.32. The molecule has 1 aliphatic rings. The molecule has 212 valence electrons. The minimum Gasteiger partial charge on any atom is -0.444 e. The van der Waals surface area contributed by atoms with Crippen molar-refractivity contribution in [1.82, 2.24) is 25.2 Å². The van der Waals surface area contributed by atoms with Crippen molar-refractivity contribution in [2.24, 2.45) is 0 Å². The second-order valence-corrected chi connectivity index (χ2v) is 12.0. The highest BCUT2D eigenvalue weighted by Gasteiger charge is 2.37. The summed E-state index contributed by atoms with van der Waals surface area (Å²) < 4.78 is 5.50. The van der Waals surface area contributed by atoms with Crippen LogP contribution in [0.25, 0.3) is 0 Å². The normalized spacial score (nSPS) is 16.4. The topological polar surface area (TPSA) is 121 Å². The Hall–Kier alpha value is -4.21. The lowest BCUT2D eigenvalue weighted by molar-refractivity contribution is -0.123. The third-order valence-electron chi connectivity index (χ3n) is 6.65. The number of imidazole rings is 1. The number of carbonyl (C=O) groups excluding carboxylic acids is 3. The monoisotopic (exact) mass is 546 g/mol. The Labute approximate surface area is 235 Å². The Morgan fingerprint density at radius 1 is 1.05 bits per heavy atom. The van der Waals surface area contributed by atoms with Crippen LogP contribution < -0.4 is 10.2 Å². The number of aromatic nitrogens is 3. The van der Waals surface area contributed by atoms with Gasteiger partial charge in [0, 0.05) is 42.8 Å². The van der Waals surface area contributed by atoms with Crippen LogP contribution in [0.2, 0.25) is 0 Å². The van der Waals surface area contributed by atoms with Gasteiger partial charge >= 0.3 is 6.09 Å². The number of hydrogen-bond donors (Lipinski definition) is 2. The highest BCUT2D eigenvalue weighted by atomic mass is 16.6. The zero-order valence-corrected chi connectivity index (χ0v) is 24.0. The van der Waals surface area contributed by atoms with Crippen molar-refractivity contribution in [2.45, 2.75) is 71.1 Å². The zero-order valence-electron chi connectivity index (χ0n) is 24.0. The fraction of sp³-hybridized carbons (Fsp3) is 0.433. The molecule has 0 radical (unpaired) electrons. The van der Waals surface area contributed by atoms with Gasteiger partial charge in [0.25, 0.3) is 5.91 Å². The summed E-state index contributed by atoms with van der Waals surface area (Å²) in [5.74, 6) is -0.788. The summed E-state index contributed by atoms with van der Waals surface area (Å²) in [4.78, 5) is 54.7. The number of likely N-dealkylation sites (tertiary alicyclic amines) is 1. The largest absolute Gasteiger partial charge is 0.444 e. The van der Waals surface area contributed by atoms with Gasteiger partial charge in [-0.05, 0) is 56.4 Å². The summed E-state index contributed by atoms with van der Waals surface area (Å²) in [6, 6.07) is 9.82. The Morgan fingerprint density at radius 2 is 1.77 bits per heavy atom. The predicted octanol–water partition coefficient (Wildman–Crippen LogP) is 4.62. The maximum absolute atomic E-state index is 14.0. The van der Waals surface area contributed by atoms with E-state index < -0.39 is 23.6 Å². The van der Waals surface area contributed by atoms with Crippen LogP contribution in [-0.4, -0.2) is 62.5 Å².